The van der Waals surface area contributed by atoms with Gasteiger partial charge in [0.15, 0.2) is 0 Å². The molecule has 1 aliphatic rings. The molecular weight excluding hydrogens is 433 g/mol. The summed E-state index contributed by atoms with van der Waals surface area (Å²) in [6, 6.07) is 19.2. The first kappa shape index (κ1) is 22.6. The maximum Gasteiger partial charge on any atom is 0.216 e. The molecule has 0 aromatic heterocycles. The van der Waals surface area contributed by atoms with Gasteiger partial charge in [-0.25, -0.2) is 4.39 Å². The number of hydrogen-bond donors (Lipinski definition) is 1. The molecule has 3 aromatic rings. The Bertz CT molecular complexity index is 1110. The SMILES string of the molecule is COc1ccc(CN2OC(O)(c3cc(Cl)ccc3F)CC2(C)c2ccccc2)c(OC)c1. The fraction of sp³-hybridized carbons (Fsp3) is 0.280. The lowest BCUT2D eigenvalue weighted by molar-refractivity contribution is -0.307. The summed E-state index contributed by atoms with van der Waals surface area (Å²) in [5.74, 6) is -1.21. The average molecular weight is 458 g/mol. The number of aliphatic hydroxyl groups is 1. The summed E-state index contributed by atoms with van der Waals surface area (Å²) in [5, 5.41) is 13.5. The molecule has 0 aliphatic carbocycles. The molecule has 1 aliphatic heterocycles. The molecule has 0 amide bonds. The van der Waals surface area contributed by atoms with Crippen molar-refractivity contribution in [3.8, 4) is 11.5 Å². The molecule has 1 N–H and O–H groups in total. The van der Waals surface area contributed by atoms with Crippen molar-refractivity contribution in [2.24, 2.45) is 0 Å². The van der Waals surface area contributed by atoms with Gasteiger partial charge in [0.05, 0.1) is 26.3 Å². The first-order chi connectivity index (χ1) is 15.3. The van der Waals surface area contributed by atoms with E-state index in [2.05, 4.69) is 0 Å². The van der Waals surface area contributed by atoms with Crippen LogP contribution >= 0.6 is 11.6 Å². The topological polar surface area (TPSA) is 51.2 Å². The fourth-order valence-corrected chi connectivity index (χ4v) is 4.37. The van der Waals surface area contributed by atoms with Gasteiger partial charge in [0, 0.05) is 28.6 Å². The van der Waals surface area contributed by atoms with Crippen LogP contribution in [0.5, 0.6) is 11.5 Å². The van der Waals surface area contributed by atoms with Crippen LogP contribution in [-0.2, 0) is 22.7 Å². The fourth-order valence-electron chi connectivity index (χ4n) is 4.20. The van der Waals surface area contributed by atoms with Crippen LogP contribution in [0, 0.1) is 5.82 Å². The second-order valence-electron chi connectivity index (χ2n) is 8.03. The summed E-state index contributed by atoms with van der Waals surface area (Å²) in [4.78, 5) is 6.10. The summed E-state index contributed by atoms with van der Waals surface area (Å²) >= 11 is 6.10. The molecule has 3 aromatic carbocycles. The largest absolute Gasteiger partial charge is 0.497 e. The molecule has 7 heteroatoms. The second kappa shape index (κ2) is 8.71. The summed E-state index contributed by atoms with van der Waals surface area (Å²) in [5.41, 5.74) is 0.976. The summed E-state index contributed by atoms with van der Waals surface area (Å²) in [6.07, 6.45) is 0.0970. The molecule has 0 radical (unpaired) electrons. The number of nitrogens with zero attached hydrogens (tertiary/aromatic N) is 1. The highest BCUT2D eigenvalue weighted by molar-refractivity contribution is 6.30. The van der Waals surface area contributed by atoms with Crippen LogP contribution < -0.4 is 9.47 Å². The van der Waals surface area contributed by atoms with Crippen molar-refractivity contribution < 1.29 is 23.8 Å². The predicted molar refractivity (Wildman–Crippen MR) is 120 cm³/mol. The Kier molecular flexibility index (Phi) is 6.14. The van der Waals surface area contributed by atoms with E-state index < -0.39 is 17.1 Å². The minimum atomic E-state index is -1.90. The molecule has 1 saturated heterocycles. The van der Waals surface area contributed by atoms with Gasteiger partial charge in [0.1, 0.15) is 17.3 Å². The second-order valence-corrected chi connectivity index (χ2v) is 8.47. The smallest absolute Gasteiger partial charge is 0.216 e. The van der Waals surface area contributed by atoms with E-state index in [1.807, 2.05) is 49.4 Å². The van der Waals surface area contributed by atoms with E-state index in [0.29, 0.717) is 16.5 Å². The van der Waals surface area contributed by atoms with Crippen LogP contribution in [0.4, 0.5) is 4.39 Å². The van der Waals surface area contributed by atoms with Crippen molar-refractivity contribution in [3.63, 3.8) is 0 Å². The molecule has 0 saturated carbocycles. The van der Waals surface area contributed by atoms with E-state index in [1.54, 1.807) is 25.3 Å². The third kappa shape index (κ3) is 4.07. The van der Waals surface area contributed by atoms with Crippen LogP contribution in [0.15, 0.2) is 66.7 Å². The maximum absolute atomic E-state index is 14.7. The lowest BCUT2D eigenvalue weighted by Gasteiger charge is -2.33. The van der Waals surface area contributed by atoms with Gasteiger partial charge >= 0.3 is 0 Å². The maximum atomic E-state index is 14.7. The van der Waals surface area contributed by atoms with Crippen molar-refractivity contribution in [1.82, 2.24) is 5.06 Å². The van der Waals surface area contributed by atoms with Crippen LogP contribution in [0.25, 0.3) is 0 Å². The summed E-state index contributed by atoms with van der Waals surface area (Å²) < 4.78 is 25.6. The van der Waals surface area contributed by atoms with Crippen LogP contribution in [0.2, 0.25) is 5.02 Å². The zero-order valence-corrected chi connectivity index (χ0v) is 18.9. The van der Waals surface area contributed by atoms with Crippen molar-refractivity contribution in [3.05, 3.63) is 94.3 Å². The van der Waals surface area contributed by atoms with Gasteiger partial charge in [-0.3, -0.25) is 4.84 Å². The highest BCUT2D eigenvalue weighted by Crippen LogP contribution is 2.50. The number of benzene rings is 3. The van der Waals surface area contributed by atoms with Crippen LogP contribution in [-0.4, -0.2) is 24.4 Å². The van der Waals surface area contributed by atoms with E-state index in [0.717, 1.165) is 11.1 Å². The molecule has 0 spiro atoms. The Morgan fingerprint density at radius 1 is 1.06 bits per heavy atom. The molecule has 2 atom stereocenters. The normalized spacial score (nSPS) is 23.3. The molecule has 1 fully saturated rings. The van der Waals surface area contributed by atoms with Gasteiger partial charge in [0.2, 0.25) is 5.79 Å². The molecule has 32 heavy (non-hydrogen) atoms. The molecule has 4 rings (SSSR count). The summed E-state index contributed by atoms with van der Waals surface area (Å²) in [6.45, 7) is 2.24. The highest BCUT2D eigenvalue weighted by Gasteiger charge is 2.54. The van der Waals surface area contributed by atoms with Crippen molar-refractivity contribution in [2.75, 3.05) is 14.2 Å². The number of halogens is 2. The molecule has 5 nitrogen and oxygen atoms in total. The Hall–Kier alpha value is -2.64. The predicted octanol–water partition coefficient (Wildman–Crippen LogP) is 5.39. The van der Waals surface area contributed by atoms with Gasteiger partial charge in [-0.1, -0.05) is 48.0 Å². The molecule has 2 unspecified atom stereocenters. The van der Waals surface area contributed by atoms with Crippen molar-refractivity contribution in [1.29, 1.82) is 0 Å². The zero-order valence-electron chi connectivity index (χ0n) is 18.1. The van der Waals surface area contributed by atoms with Crippen molar-refractivity contribution >= 4 is 11.6 Å². The number of hydrogen-bond acceptors (Lipinski definition) is 5. The molecule has 0 bridgehead atoms. The minimum absolute atomic E-state index is 0.00338. The van der Waals surface area contributed by atoms with E-state index in [4.69, 9.17) is 25.9 Å². The first-order valence-electron chi connectivity index (χ1n) is 10.2. The summed E-state index contributed by atoms with van der Waals surface area (Å²) in [7, 11) is 3.17. The van der Waals surface area contributed by atoms with E-state index in [-0.39, 0.29) is 18.5 Å². The zero-order chi connectivity index (χ0) is 22.9. The van der Waals surface area contributed by atoms with Gasteiger partial charge in [-0.15, -0.1) is 0 Å². The van der Waals surface area contributed by atoms with Gasteiger partial charge in [-0.2, -0.15) is 5.06 Å². The average Bonchev–Trinajstić information content (AvgIpc) is 3.07. The van der Waals surface area contributed by atoms with Gasteiger partial charge < -0.3 is 14.6 Å². The van der Waals surface area contributed by atoms with Gasteiger partial charge in [-0.05, 0) is 36.8 Å². The number of methoxy groups -OCH3 is 2. The third-order valence-corrected chi connectivity index (χ3v) is 6.18. The Balaban J connectivity index is 1.78. The standard InChI is InChI=1S/C25H25ClFNO4/c1-24(18-7-5-4-6-8-18)16-25(29,21-13-19(26)10-12-22(21)27)32-28(24)15-17-9-11-20(30-2)14-23(17)31-3/h4-14,29H,15-16H2,1-3H3. The number of rotatable bonds is 6. The van der Waals surface area contributed by atoms with Gasteiger partial charge in [0.25, 0.3) is 0 Å². The van der Waals surface area contributed by atoms with Crippen LogP contribution in [0.1, 0.15) is 30.0 Å². The Morgan fingerprint density at radius 2 is 1.81 bits per heavy atom. The molecule has 1 heterocycles. The Labute approximate surface area is 191 Å². The van der Waals surface area contributed by atoms with Crippen molar-refractivity contribution in [2.45, 2.75) is 31.2 Å². The lowest BCUT2D eigenvalue weighted by Crippen LogP contribution is -2.37. The monoisotopic (exact) mass is 457 g/mol. The lowest BCUT2D eigenvalue weighted by atomic mass is 9.83. The Morgan fingerprint density at radius 3 is 2.50 bits per heavy atom. The quantitative estimate of drug-likeness (QED) is 0.537. The third-order valence-electron chi connectivity index (χ3n) is 5.95. The number of ether oxygens (including phenoxy) is 2. The van der Waals surface area contributed by atoms with E-state index in [9.17, 15) is 9.50 Å². The first-order valence-corrected chi connectivity index (χ1v) is 10.6. The highest BCUT2D eigenvalue weighted by atomic mass is 35.5. The van der Waals surface area contributed by atoms with E-state index in [1.165, 1.54) is 18.2 Å². The number of hydroxylamine groups is 2. The minimum Gasteiger partial charge on any atom is -0.497 e. The molecular formula is C25H25ClFNO4. The van der Waals surface area contributed by atoms with E-state index >= 15 is 0 Å². The van der Waals surface area contributed by atoms with Crippen LogP contribution in [0.3, 0.4) is 0 Å². The molecule has 168 valence electrons.